The lowest BCUT2D eigenvalue weighted by Gasteiger charge is -2.16. The highest BCUT2D eigenvalue weighted by Crippen LogP contribution is 2.39. The summed E-state index contributed by atoms with van der Waals surface area (Å²) in [6, 6.07) is 60.3. The SMILES string of the molecule is N#Cc1cc(-c2cccc(-n3c4ccc#cc4c4ccccc43)c2C#N)ccc1-c1ccccc1-n1c2ccccc2c2ccccc21. The van der Waals surface area contributed by atoms with Gasteiger partial charge in [-0.05, 0) is 54.1 Å². The van der Waals surface area contributed by atoms with Crippen LogP contribution in [0.2, 0.25) is 0 Å². The molecule has 220 valence electrons. The Kier molecular flexibility index (Phi) is 6.13. The van der Waals surface area contributed by atoms with Gasteiger partial charge in [0, 0.05) is 32.8 Å². The highest BCUT2D eigenvalue weighted by atomic mass is 15.0. The van der Waals surface area contributed by atoms with Gasteiger partial charge >= 0.3 is 0 Å². The maximum absolute atomic E-state index is 10.6. The summed E-state index contributed by atoms with van der Waals surface area (Å²) in [5.41, 5.74) is 10.4. The van der Waals surface area contributed by atoms with Gasteiger partial charge in [0.05, 0.1) is 56.0 Å². The van der Waals surface area contributed by atoms with Gasteiger partial charge in [-0.3, -0.25) is 0 Å². The summed E-state index contributed by atoms with van der Waals surface area (Å²) in [6.45, 7) is 0. The highest BCUT2D eigenvalue weighted by Gasteiger charge is 2.20. The Bertz CT molecular complexity index is 2710. The van der Waals surface area contributed by atoms with E-state index in [0.29, 0.717) is 11.1 Å². The molecule has 0 fully saturated rings. The van der Waals surface area contributed by atoms with E-state index >= 15 is 0 Å². The zero-order chi connectivity index (χ0) is 32.2. The van der Waals surface area contributed by atoms with E-state index in [9.17, 15) is 10.5 Å². The molecule has 4 nitrogen and oxygen atoms in total. The number of rotatable bonds is 4. The molecule has 0 bridgehead atoms. The van der Waals surface area contributed by atoms with E-state index in [1.807, 2.05) is 72.8 Å². The quantitative estimate of drug-likeness (QED) is 0.200. The zero-order valence-electron chi connectivity index (χ0n) is 25.6. The maximum atomic E-state index is 10.6. The van der Waals surface area contributed by atoms with E-state index in [1.165, 1.54) is 10.8 Å². The highest BCUT2D eigenvalue weighted by molar-refractivity contribution is 6.10. The van der Waals surface area contributed by atoms with Gasteiger partial charge in [-0.15, -0.1) is 0 Å². The fourth-order valence-corrected chi connectivity index (χ4v) is 7.24. The number of nitriles is 2. The first kappa shape index (κ1) is 27.3. The minimum atomic E-state index is 0.537. The molecule has 48 heavy (non-hydrogen) atoms. The minimum Gasteiger partial charge on any atom is -0.309 e. The van der Waals surface area contributed by atoms with Crippen LogP contribution in [0.5, 0.6) is 0 Å². The van der Waals surface area contributed by atoms with Crippen molar-refractivity contribution in [3.63, 3.8) is 0 Å². The molecule has 4 heteroatoms. The summed E-state index contributed by atoms with van der Waals surface area (Å²) >= 11 is 0. The van der Waals surface area contributed by atoms with Crippen molar-refractivity contribution in [2.45, 2.75) is 0 Å². The normalized spacial score (nSPS) is 11.1. The zero-order valence-corrected chi connectivity index (χ0v) is 25.6. The Morgan fingerprint density at radius 3 is 1.81 bits per heavy atom. The third-order valence-corrected chi connectivity index (χ3v) is 9.29. The molecule has 0 spiro atoms. The van der Waals surface area contributed by atoms with Gasteiger partial charge in [-0.1, -0.05) is 109 Å². The molecule has 9 rings (SSSR count). The molecule has 0 N–H and O–H groups in total. The lowest BCUT2D eigenvalue weighted by atomic mass is 9.92. The Labute approximate surface area is 277 Å². The summed E-state index contributed by atoms with van der Waals surface area (Å²) in [5.74, 6) is 0. The van der Waals surface area contributed by atoms with E-state index in [2.05, 4.69) is 106 Å². The number of fused-ring (bicyclic) bond motifs is 6. The largest absolute Gasteiger partial charge is 0.309 e. The van der Waals surface area contributed by atoms with Crippen LogP contribution in [-0.4, -0.2) is 9.13 Å². The third kappa shape index (κ3) is 3.96. The molecule has 9 aromatic rings. The van der Waals surface area contributed by atoms with Crippen molar-refractivity contribution < 1.29 is 0 Å². The second-order valence-electron chi connectivity index (χ2n) is 11.8. The van der Waals surface area contributed by atoms with Gasteiger partial charge in [-0.25, -0.2) is 0 Å². The van der Waals surface area contributed by atoms with E-state index in [4.69, 9.17) is 0 Å². The van der Waals surface area contributed by atoms with Crippen molar-refractivity contribution in [1.29, 1.82) is 10.5 Å². The first-order chi connectivity index (χ1) is 23.8. The lowest BCUT2D eigenvalue weighted by molar-refractivity contribution is 1.17. The Morgan fingerprint density at radius 1 is 0.479 bits per heavy atom. The molecule has 2 heterocycles. The Morgan fingerprint density at radius 2 is 1.08 bits per heavy atom. The van der Waals surface area contributed by atoms with Crippen molar-refractivity contribution in [2.24, 2.45) is 0 Å². The lowest BCUT2D eigenvalue weighted by Crippen LogP contribution is -2.00. The number of aromatic nitrogens is 2. The molecule has 7 aromatic carbocycles. The summed E-state index contributed by atoms with van der Waals surface area (Å²) in [6.07, 6.45) is 0. The maximum Gasteiger partial charge on any atom is 0.102 e. The molecule has 0 radical (unpaired) electrons. The van der Waals surface area contributed by atoms with Gasteiger partial charge in [-0.2, -0.15) is 10.5 Å². The van der Waals surface area contributed by atoms with Gasteiger partial charge < -0.3 is 9.13 Å². The molecular formula is C44H24N4. The first-order valence-electron chi connectivity index (χ1n) is 15.7. The van der Waals surface area contributed by atoms with E-state index in [1.54, 1.807) is 0 Å². The Hall–Kier alpha value is -7.06. The average Bonchev–Trinajstić information content (AvgIpc) is 3.67. The average molecular weight is 609 g/mol. The fourth-order valence-electron chi connectivity index (χ4n) is 7.24. The van der Waals surface area contributed by atoms with Crippen LogP contribution in [0.15, 0.2) is 146 Å². The van der Waals surface area contributed by atoms with Crippen molar-refractivity contribution in [3.05, 3.63) is 169 Å². The number of hydrogen-bond donors (Lipinski definition) is 0. The van der Waals surface area contributed by atoms with Crippen molar-refractivity contribution >= 4 is 43.6 Å². The second kappa shape index (κ2) is 10.8. The van der Waals surface area contributed by atoms with Gasteiger partial charge in [0.25, 0.3) is 0 Å². The predicted octanol–water partition coefficient (Wildman–Crippen LogP) is 10.6. The first-order valence-corrected chi connectivity index (χ1v) is 15.7. The van der Waals surface area contributed by atoms with Gasteiger partial charge in [0.1, 0.15) is 6.07 Å². The van der Waals surface area contributed by atoms with Crippen LogP contribution in [0.25, 0.3) is 77.2 Å². The molecule has 0 saturated heterocycles. The second-order valence-corrected chi connectivity index (χ2v) is 11.8. The smallest absolute Gasteiger partial charge is 0.102 e. The topological polar surface area (TPSA) is 57.4 Å². The molecule has 0 aliphatic heterocycles. The predicted molar refractivity (Wildman–Crippen MR) is 193 cm³/mol. The van der Waals surface area contributed by atoms with Gasteiger partial charge in [0.15, 0.2) is 0 Å². The molecular weight excluding hydrogens is 585 g/mol. The number of nitrogens with zero attached hydrogens (tertiary/aromatic N) is 4. The van der Waals surface area contributed by atoms with Crippen molar-refractivity contribution in [1.82, 2.24) is 9.13 Å². The van der Waals surface area contributed by atoms with Crippen LogP contribution in [0.1, 0.15) is 11.1 Å². The monoisotopic (exact) mass is 608 g/mol. The molecule has 0 saturated carbocycles. The molecule has 2 aromatic heterocycles. The number of para-hydroxylation sites is 4. The molecule has 0 amide bonds. The molecule has 0 atom stereocenters. The van der Waals surface area contributed by atoms with Crippen molar-refractivity contribution in [3.8, 4) is 45.8 Å². The fraction of sp³-hybridized carbons (Fsp3) is 0. The van der Waals surface area contributed by atoms with Crippen LogP contribution < -0.4 is 0 Å². The van der Waals surface area contributed by atoms with E-state index < -0.39 is 0 Å². The molecule has 0 aliphatic rings. The summed E-state index contributed by atoms with van der Waals surface area (Å²) in [5, 5.41) is 25.6. The number of hydrogen-bond acceptors (Lipinski definition) is 2. The van der Waals surface area contributed by atoms with Crippen LogP contribution in [0.4, 0.5) is 0 Å². The van der Waals surface area contributed by atoms with Crippen LogP contribution in [0, 0.1) is 34.8 Å². The molecule has 0 unspecified atom stereocenters. The van der Waals surface area contributed by atoms with Crippen LogP contribution in [0.3, 0.4) is 0 Å². The summed E-state index contributed by atoms with van der Waals surface area (Å²) in [4.78, 5) is 0. The van der Waals surface area contributed by atoms with Crippen LogP contribution >= 0.6 is 0 Å². The third-order valence-electron chi connectivity index (χ3n) is 9.29. The number of benzene rings is 6. The van der Waals surface area contributed by atoms with Gasteiger partial charge in [0.2, 0.25) is 0 Å². The van der Waals surface area contributed by atoms with Crippen molar-refractivity contribution in [2.75, 3.05) is 0 Å². The summed E-state index contributed by atoms with van der Waals surface area (Å²) < 4.78 is 4.41. The minimum absolute atomic E-state index is 0.537. The van der Waals surface area contributed by atoms with E-state index in [0.717, 1.165) is 66.5 Å². The van der Waals surface area contributed by atoms with E-state index in [-0.39, 0.29) is 0 Å². The molecule has 0 aliphatic carbocycles. The standard InChI is InChI=1S/C44H24N4/c45-27-30-26-29(31-17-11-23-44(38(31)28-46)48-42-21-9-4-15-36(42)37-16-5-10-22-43(37)48)24-25-32(30)33-12-1-6-18-39(33)47-40-19-7-2-13-34(40)35-14-3-8-20-41(35)47/h1-4,6-15,17-26H. The summed E-state index contributed by atoms with van der Waals surface area (Å²) in [7, 11) is 0. The Balaban J connectivity index is 1.23. The van der Waals surface area contributed by atoms with Crippen LogP contribution in [-0.2, 0) is 0 Å².